The molecule has 5 heteroatoms. The van der Waals surface area contributed by atoms with Crippen molar-refractivity contribution in [1.29, 1.82) is 0 Å². The van der Waals surface area contributed by atoms with Crippen LogP contribution >= 0.6 is 11.3 Å². The number of benzene rings is 4. The molecule has 0 atom stereocenters. The number of nitrogens with zero attached hydrogens (tertiary/aromatic N) is 2. The van der Waals surface area contributed by atoms with Crippen molar-refractivity contribution in [2.24, 2.45) is 0 Å². The Bertz CT molecular complexity index is 2750. The minimum atomic E-state index is -0.549. The summed E-state index contributed by atoms with van der Waals surface area (Å²) in [6.07, 6.45) is 7.23. The Labute approximate surface area is 388 Å². The molecule has 0 saturated heterocycles. The largest absolute Gasteiger partial charge is 0.311 e. The Balaban J connectivity index is 1.37. The van der Waals surface area contributed by atoms with E-state index in [1.54, 1.807) is 31.5 Å². The van der Waals surface area contributed by atoms with Crippen molar-refractivity contribution in [2.45, 2.75) is 194 Å². The quantitative estimate of drug-likeness (QED) is 0.163. The van der Waals surface area contributed by atoms with Gasteiger partial charge < -0.3 is 9.80 Å². The van der Waals surface area contributed by atoms with Crippen LogP contribution in [0.25, 0.3) is 0 Å². The van der Waals surface area contributed by atoms with Crippen molar-refractivity contribution in [1.82, 2.24) is 0 Å². The van der Waals surface area contributed by atoms with Gasteiger partial charge in [-0.2, -0.15) is 11.3 Å². The second-order valence-corrected chi connectivity index (χ2v) is 28.3. The van der Waals surface area contributed by atoms with Gasteiger partial charge in [0.15, 0.2) is 0 Å². The average molecular weight is 871 g/mol. The maximum absolute atomic E-state index is 2.83. The average Bonchev–Trinajstić information content (AvgIpc) is 3.62. The van der Waals surface area contributed by atoms with E-state index in [4.69, 9.17) is 0 Å². The Morgan fingerprint density at radius 2 is 1.11 bits per heavy atom. The molecular formula is C58H75BN2SSi. The molecule has 0 bridgehead atoms. The number of rotatable bonds is 3. The molecule has 1 aromatic heterocycles. The number of hydrogen-bond donors (Lipinski definition) is 0. The van der Waals surface area contributed by atoms with Gasteiger partial charge in [-0.05, 0) is 169 Å². The third-order valence-electron chi connectivity index (χ3n) is 17.3. The zero-order valence-electron chi connectivity index (χ0n) is 42.1. The Hall–Kier alpha value is -3.54. The standard InChI is InChI=1S/C58H75BN2SSi/c1-34-30-42-47-43(31-34)61(41-23-18-35(52(2,3)4)32-44(41)63-17)49-46-50(58(15,16)29-28-57(46,13)14)62-51(49)59(47)40-22-21-38-45(56(11,12)27-26-54(38,7)8)48(40)60(42)36-19-20-37-39(33-36)55(9,10)25-24-53(37,5)6/h18-23,30-33H,24-29,63H2,1-17H3. The molecule has 3 heterocycles. The fourth-order valence-corrected chi connectivity index (χ4v) is 15.7. The summed E-state index contributed by atoms with van der Waals surface area (Å²) in [5.41, 5.74) is 22.6. The summed E-state index contributed by atoms with van der Waals surface area (Å²) in [5.74, 6) is 0. The first-order valence-electron chi connectivity index (χ1n) is 24.6. The van der Waals surface area contributed by atoms with Crippen LogP contribution in [-0.4, -0.2) is 16.2 Å². The molecule has 2 nitrogen and oxygen atoms in total. The lowest BCUT2D eigenvalue weighted by molar-refractivity contribution is 0.331. The summed E-state index contributed by atoms with van der Waals surface area (Å²) < 4.78 is 1.56. The topological polar surface area (TPSA) is 6.48 Å². The molecule has 0 fully saturated rings. The van der Waals surface area contributed by atoms with Crippen LogP contribution in [0.5, 0.6) is 0 Å². The fourth-order valence-electron chi connectivity index (χ4n) is 12.9. The summed E-state index contributed by atoms with van der Waals surface area (Å²) in [6.45, 7) is 42.4. The lowest BCUT2D eigenvalue weighted by Crippen LogP contribution is -2.61. The fraction of sp³-hybridized carbons (Fsp3) is 0.517. The molecule has 0 spiro atoms. The molecule has 3 aliphatic carbocycles. The zero-order chi connectivity index (χ0) is 45.4. The molecular weight excluding hydrogens is 796 g/mol. The highest BCUT2D eigenvalue weighted by Gasteiger charge is 2.53. The van der Waals surface area contributed by atoms with Crippen LogP contribution < -0.4 is 30.7 Å². The van der Waals surface area contributed by atoms with E-state index in [9.17, 15) is 0 Å². The lowest BCUT2D eigenvalue weighted by Gasteiger charge is -2.50. The van der Waals surface area contributed by atoms with Crippen LogP contribution in [0.2, 0.25) is 6.55 Å². The van der Waals surface area contributed by atoms with E-state index in [2.05, 4.69) is 199 Å². The van der Waals surface area contributed by atoms with Gasteiger partial charge in [0, 0.05) is 38.1 Å². The third kappa shape index (κ3) is 6.27. The van der Waals surface area contributed by atoms with Crippen LogP contribution in [0.15, 0.2) is 60.7 Å². The third-order valence-corrected chi connectivity index (χ3v) is 20.2. The summed E-state index contributed by atoms with van der Waals surface area (Å²) in [5, 5.41) is 1.57. The molecule has 5 aliphatic rings. The molecule has 0 unspecified atom stereocenters. The van der Waals surface area contributed by atoms with Crippen molar-refractivity contribution >= 4 is 82.6 Å². The second-order valence-electron chi connectivity index (χ2n) is 25.7. The SMILES string of the molecule is C[SiH2]c1cc(C(C)(C)C)ccc1N1c2cc(C)cc3c2B(c2ccc4c(c2N3c2ccc3c(c2)C(C)(C)CCC3(C)C)C(C)(C)CCC4(C)C)c2sc3c(c21)C(C)(C)CCC3(C)C. The highest BCUT2D eigenvalue weighted by molar-refractivity contribution is 7.29. The van der Waals surface area contributed by atoms with Crippen LogP contribution in [0.1, 0.15) is 186 Å². The number of anilines is 6. The van der Waals surface area contributed by atoms with Gasteiger partial charge in [0.05, 0.1) is 15.2 Å². The van der Waals surface area contributed by atoms with Crippen LogP contribution in [0, 0.1) is 6.92 Å². The van der Waals surface area contributed by atoms with Crippen LogP contribution in [-0.2, 0) is 37.9 Å². The smallest absolute Gasteiger partial charge is 0.264 e. The monoisotopic (exact) mass is 871 g/mol. The van der Waals surface area contributed by atoms with Gasteiger partial charge in [0.25, 0.3) is 6.71 Å². The summed E-state index contributed by atoms with van der Waals surface area (Å²) in [7, 11) is -0.549. The van der Waals surface area contributed by atoms with E-state index in [0.29, 0.717) is 0 Å². The number of hydrogen-bond acceptors (Lipinski definition) is 3. The van der Waals surface area contributed by atoms with Crippen molar-refractivity contribution in [2.75, 3.05) is 9.80 Å². The van der Waals surface area contributed by atoms with Crippen molar-refractivity contribution < 1.29 is 0 Å². The highest BCUT2D eigenvalue weighted by atomic mass is 32.1. The molecule has 0 N–H and O–H groups in total. The van der Waals surface area contributed by atoms with Crippen LogP contribution in [0.3, 0.4) is 0 Å². The minimum Gasteiger partial charge on any atom is -0.311 e. The maximum atomic E-state index is 2.83. The molecule has 10 rings (SSSR count). The van der Waals surface area contributed by atoms with E-state index in [0.717, 1.165) is 0 Å². The first kappa shape index (κ1) is 43.4. The van der Waals surface area contributed by atoms with Gasteiger partial charge in [0.1, 0.15) is 0 Å². The molecule has 330 valence electrons. The lowest BCUT2D eigenvalue weighted by atomic mass is 9.35. The van der Waals surface area contributed by atoms with Gasteiger partial charge in [-0.25, -0.2) is 0 Å². The number of aryl methyl sites for hydroxylation is 1. The molecule has 5 aromatic rings. The second kappa shape index (κ2) is 13.5. The van der Waals surface area contributed by atoms with Crippen LogP contribution in [0.4, 0.5) is 34.1 Å². The number of thiophene rings is 1. The minimum absolute atomic E-state index is 0.0196. The van der Waals surface area contributed by atoms with E-state index in [-0.39, 0.29) is 44.6 Å². The molecule has 0 radical (unpaired) electrons. The molecule has 0 amide bonds. The first-order valence-corrected chi connectivity index (χ1v) is 27.5. The summed E-state index contributed by atoms with van der Waals surface area (Å²) >= 11 is 2.18. The van der Waals surface area contributed by atoms with Gasteiger partial charge >= 0.3 is 0 Å². The molecule has 4 aromatic carbocycles. The van der Waals surface area contributed by atoms with Crippen molar-refractivity contribution in [3.63, 3.8) is 0 Å². The van der Waals surface area contributed by atoms with E-state index < -0.39 is 9.52 Å². The molecule has 63 heavy (non-hydrogen) atoms. The Morgan fingerprint density at radius 1 is 0.556 bits per heavy atom. The zero-order valence-corrected chi connectivity index (χ0v) is 44.3. The Morgan fingerprint density at radius 3 is 1.75 bits per heavy atom. The number of fused-ring (bicyclic) bond motifs is 9. The van der Waals surface area contributed by atoms with E-state index in [1.807, 2.05) is 0 Å². The Kier molecular flexibility index (Phi) is 9.31. The van der Waals surface area contributed by atoms with Crippen molar-refractivity contribution in [3.05, 3.63) is 104 Å². The normalized spacial score (nSPS) is 21.6. The van der Waals surface area contributed by atoms with Gasteiger partial charge in [-0.15, -0.1) is 0 Å². The molecule has 0 saturated carbocycles. The van der Waals surface area contributed by atoms with E-state index in [1.165, 1.54) is 106 Å². The predicted octanol–water partition coefficient (Wildman–Crippen LogP) is 13.3. The first-order chi connectivity index (χ1) is 29.2. The summed E-state index contributed by atoms with van der Waals surface area (Å²) in [6, 6.07) is 25.6. The molecule has 2 aliphatic heterocycles. The maximum Gasteiger partial charge on any atom is 0.264 e. The highest BCUT2D eigenvalue weighted by Crippen LogP contribution is 2.58. The predicted molar refractivity (Wildman–Crippen MR) is 282 cm³/mol. The van der Waals surface area contributed by atoms with Gasteiger partial charge in [0.2, 0.25) is 0 Å². The summed E-state index contributed by atoms with van der Waals surface area (Å²) in [4.78, 5) is 7.26. The van der Waals surface area contributed by atoms with E-state index >= 15 is 0 Å². The van der Waals surface area contributed by atoms with Gasteiger partial charge in [-0.1, -0.05) is 141 Å². The van der Waals surface area contributed by atoms with Gasteiger partial charge in [-0.3, -0.25) is 0 Å². The van der Waals surface area contributed by atoms with Crippen molar-refractivity contribution in [3.8, 4) is 0 Å².